The Hall–Kier alpha value is -4.54. The van der Waals surface area contributed by atoms with Gasteiger partial charge in [0.15, 0.2) is 0 Å². The zero-order valence-corrected chi connectivity index (χ0v) is 17.4. The molecule has 0 aliphatic carbocycles. The summed E-state index contributed by atoms with van der Waals surface area (Å²) in [6.07, 6.45) is 1.74. The highest BCUT2D eigenvalue weighted by molar-refractivity contribution is 6.13. The number of imide groups is 1. The van der Waals surface area contributed by atoms with Gasteiger partial charge >= 0.3 is 6.03 Å². The van der Waals surface area contributed by atoms with Crippen LogP contribution in [0.25, 0.3) is 11.8 Å². The van der Waals surface area contributed by atoms with Crippen molar-refractivity contribution in [3.05, 3.63) is 97.3 Å². The number of aromatic nitrogens is 2. The molecule has 10 nitrogen and oxygen atoms in total. The van der Waals surface area contributed by atoms with Crippen molar-refractivity contribution in [2.24, 2.45) is 0 Å². The molecule has 2 N–H and O–H groups in total. The first kappa shape index (κ1) is 21.7. The van der Waals surface area contributed by atoms with Crippen molar-refractivity contribution in [2.75, 3.05) is 0 Å². The number of hydrogen-bond acceptors (Lipinski definition) is 5. The third-order valence-electron chi connectivity index (χ3n) is 5.18. The van der Waals surface area contributed by atoms with Crippen LogP contribution in [0, 0.1) is 15.9 Å². The number of non-ortho nitro benzene ring substituents is 1. The molecule has 0 bridgehead atoms. The first-order valence-electron chi connectivity index (χ1n) is 9.96. The van der Waals surface area contributed by atoms with Gasteiger partial charge < -0.3 is 5.32 Å². The first-order valence-corrected chi connectivity index (χ1v) is 9.96. The molecule has 0 saturated carbocycles. The van der Waals surface area contributed by atoms with Crippen molar-refractivity contribution in [1.82, 2.24) is 20.0 Å². The van der Waals surface area contributed by atoms with E-state index in [4.69, 9.17) is 0 Å². The maximum Gasteiger partial charge on any atom is 0.329 e. The van der Waals surface area contributed by atoms with Crippen LogP contribution in [-0.2, 0) is 17.8 Å². The van der Waals surface area contributed by atoms with Crippen molar-refractivity contribution in [3.63, 3.8) is 0 Å². The van der Waals surface area contributed by atoms with Gasteiger partial charge in [-0.3, -0.25) is 29.7 Å². The molecule has 1 aliphatic heterocycles. The standard InChI is InChI=1S/C22H18FN5O5/c1-2-18-17(20(29)27(25-18)15-7-9-16(10-8-15)28(32)33)11-19-21(30)26(22(31)24-19)12-13-3-5-14(23)6-4-13/h3-11,25H,2,12H2,1H3,(H,24,31)/b19-11-. The van der Waals surface area contributed by atoms with E-state index in [2.05, 4.69) is 10.4 Å². The number of nitrogens with one attached hydrogen (secondary N) is 2. The number of carbonyl (C=O) groups is 2. The van der Waals surface area contributed by atoms with E-state index in [1.807, 2.05) is 6.92 Å². The molecule has 0 spiro atoms. The van der Waals surface area contributed by atoms with E-state index in [1.54, 1.807) is 0 Å². The number of rotatable bonds is 6. The maximum absolute atomic E-state index is 13.1. The lowest BCUT2D eigenvalue weighted by Gasteiger charge is -2.11. The molecule has 1 saturated heterocycles. The molecule has 1 fully saturated rings. The van der Waals surface area contributed by atoms with Gasteiger partial charge in [-0.1, -0.05) is 19.1 Å². The summed E-state index contributed by atoms with van der Waals surface area (Å²) < 4.78 is 14.3. The lowest BCUT2D eigenvalue weighted by Crippen LogP contribution is -2.30. The molecule has 0 radical (unpaired) electrons. The minimum atomic E-state index is -0.653. The largest absolute Gasteiger partial charge is 0.329 e. The van der Waals surface area contributed by atoms with Gasteiger partial charge in [0.1, 0.15) is 11.5 Å². The Morgan fingerprint density at radius 1 is 1.06 bits per heavy atom. The Kier molecular flexibility index (Phi) is 5.61. The number of H-pyrrole nitrogens is 1. The molecule has 3 aromatic rings. The van der Waals surface area contributed by atoms with Crippen LogP contribution in [0.3, 0.4) is 0 Å². The fourth-order valence-corrected chi connectivity index (χ4v) is 3.45. The van der Waals surface area contributed by atoms with Crippen LogP contribution in [0.4, 0.5) is 14.9 Å². The molecule has 3 amide bonds. The van der Waals surface area contributed by atoms with E-state index in [9.17, 15) is 28.9 Å². The fourth-order valence-electron chi connectivity index (χ4n) is 3.45. The first-order chi connectivity index (χ1) is 15.8. The number of nitro groups is 1. The fraction of sp³-hybridized carbons (Fsp3) is 0.136. The van der Waals surface area contributed by atoms with Crippen LogP contribution in [0.5, 0.6) is 0 Å². The number of nitrogens with zero attached hydrogens (tertiary/aromatic N) is 3. The van der Waals surface area contributed by atoms with Crippen LogP contribution in [0.2, 0.25) is 0 Å². The minimum Gasteiger partial charge on any atom is -0.303 e. The average Bonchev–Trinajstić information content (AvgIpc) is 3.26. The Balaban J connectivity index is 1.65. The predicted octanol–water partition coefficient (Wildman–Crippen LogP) is 2.87. The molecule has 0 unspecified atom stereocenters. The summed E-state index contributed by atoms with van der Waals surface area (Å²) in [5.41, 5.74) is 0.989. The third kappa shape index (κ3) is 4.15. The second kappa shape index (κ2) is 8.54. The highest BCUT2D eigenvalue weighted by Gasteiger charge is 2.34. The number of amides is 3. The van der Waals surface area contributed by atoms with Gasteiger partial charge in [0.2, 0.25) is 0 Å². The van der Waals surface area contributed by atoms with Gasteiger partial charge in [-0.15, -0.1) is 0 Å². The number of nitro benzene ring substituents is 1. The van der Waals surface area contributed by atoms with Gasteiger partial charge in [-0.25, -0.2) is 13.9 Å². The van der Waals surface area contributed by atoms with Crippen molar-refractivity contribution in [2.45, 2.75) is 19.9 Å². The number of benzene rings is 2. The Bertz CT molecular complexity index is 1340. The molecule has 1 aromatic heterocycles. The second-order valence-corrected chi connectivity index (χ2v) is 7.28. The average molecular weight is 451 g/mol. The molecule has 11 heteroatoms. The van der Waals surface area contributed by atoms with Crippen LogP contribution in [-0.4, -0.2) is 31.5 Å². The minimum absolute atomic E-state index is 0.0525. The normalized spacial score (nSPS) is 14.7. The van der Waals surface area contributed by atoms with Crippen LogP contribution < -0.4 is 10.9 Å². The van der Waals surface area contributed by atoms with Crippen LogP contribution in [0.1, 0.15) is 23.7 Å². The summed E-state index contributed by atoms with van der Waals surface area (Å²) in [4.78, 5) is 49.5. The molecule has 33 heavy (non-hydrogen) atoms. The zero-order valence-electron chi connectivity index (χ0n) is 17.4. The summed E-state index contributed by atoms with van der Waals surface area (Å²) in [5, 5.41) is 16.3. The Labute approximate surface area is 186 Å². The van der Waals surface area contributed by atoms with Crippen molar-refractivity contribution >= 4 is 23.7 Å². The van der Waals surface area contributed by atoms with Gasteiger partial charge in [-0.05, 0) is 42.3 Å². The lowest BCUT2D eigenvalue weighted by molar-refractivity contribution is -0.384. The SMILES string of the molecule is CCc1[nH]n(-c2ccc([N+](=O)[O-])cc2)c(=O)c1/C=C1\NC(=O)N(Cc2ccc(F)cc2)C1=O. The monoisotopic (exact) mass is 451 g/mol. The number of hydrogen-bond donors (Lipinski definition) is 2. The second-order valence-electron chi connectivity index (χ2n) is 7.28. The van der Waals surface area contributed by atoms with Gasteiger partial charge in [0.25, 0.3) is 17.2 Å². The smallest absolute Gasteiger partial charge is 0.303 e. The van der Waals surface area contributed by atoms with Crippen LogP contribution in [0.15, 0.2) is 59.0 Å². The summed E-state index contributed by atoms with van der Waals surface area (Å²) in [6.45, 7) is 1.76. The number of halogens is 1. The molecule has 1 aliphatic rings. The third-order valence-corrected chi connectivity index (χ3v) is 5.18. The molecule has 4 rings (SSSR count). The molecule has 0 atom stereocenters. The molecule has 168 valence electrons. The summed E-state index contributed by atoms with van der Waals surface area (Å²) >= 11 is 0. The van der Waals surface area contributed by atoms with E-state index in [-0.39, 0.29) is 23.5 Å². The Morgan fingerprint density at radius 3 is 2.33 bits per heavy atom. The van der Waals surface area contributed by atoms with Gasteiger partial charge in [0, 0.05) is 17.8 Å². The van der Waals surface area contributed by atoms with E-state index in [1.165, 1.54) is 59.3 Å². The Morgan fingerprint density at radius 2 is 1.73 bits per heavy atom. The van der Waals surface area contributed by atoms with E-state index < -0.39 is 28.2 Å². The summed E-state index contributed by atoms with van der Waals surface area (Å²) in [7, 11) is 0. The maximum atomic E-state index is 13.1. The van der Waals surface area contributed by atoms with Gasteiger partial charge in [-0.2, -0.15) is 0 Å². The van der Waals surface area contributed by atoms with E-state index in [0.29, 0.717) is 23.4 Å². The van der Waals surface area contributed by atoms with Crippen LogP contribution >= 0.6 is 0 Å². The molecular formula is C22H18FN5O5. The van der Waals surface area contributed by atoms with Crippen molar-refractivity contribution in [1.29, 1.82) is 0 Å². The van der Waals surface area contributed by atoms with Gasteiger partial charge in [0.05, 0.1) is 22.7 Å². The topological polar surface area (TPSA) is 130 Å². The molecular weight excluding hydrogens is 433 g/mol. The summed E-state index contributed by atoms with van der Waals surface area (Å²) in [6, 6.07) is 10.2. The highest BCUT2D eigenvalue weighted by Crippen LogP contribution is 2.19. The van der Waals surface area contributed by atoms with Crippen molar-refractivity contribution in [3.8, 4) is 5.69 Å². The quantitative estimate of drug-likeness (QED) is 0.258. The number of aromatic amines is 1. The predicted molar refractivity (Wildman–Crippen MR) is 116 cm³/mol. The molecule has 2 heterocycles. The van der Waals surface area contributed by atoms with E-state index >= 15 is 0 Å². The van der Waals surface area contributed by atoms with Crippen molar-refractivity contribution < 1.29 is 18.9 Å². The number of urea groups is 1. The zero-order chi connectivity index (χ0) is 23.7. The van der Waals surface area contributed by atoms with E-state index in [0.717, 1.165) is 4.90 Å². The summed E-state index contributed by atoms with van der Waals surface area (Å²) in [5.74, 6) is -1.05. The highest BCUT2D eigenvalue weighted by atomic mass is 19.1. The molecule has 2 aromatic carbocycles. The lowest BCUT2D eigenvalue weighted by atomic mass is 10.1. The number of carbonyl (C=O) groups excluding carboxylic acids is 2. The number of aryl methyl sites for hydroxylation is 1.